The highest BCUT2D eigenvalue weighted by atomic mass is 35.5. The van der Waals surface area contributed by atoms with E-state index in [9.17, 15) is 4.79 Å². The lowest BCUT2D eigenvalue weighted by atomic mass is 10.0. The van der Waals surface area contributed by atoms with E-state index in [-0.39, 0.29) is 0 Å². The number of carbonyl (C=O) groups is 1. The summed E-state index contributed by atoms with van der Waals surface area (Å²) in [6.07, 6.45) is 1.77. The fourth-order valence-corrected chi connectivity index (χ4v) is 1.05. The molecule has 1 atom stereocenters. The number of carbonyl (C=O) groups excluding carboxylic acids is 1. The van der Waals surface area contributed by atoms with Crippen LogP contribution in [-0.2, 0) is 9.63 Å². The maximum absolute atomic E-state index is 10.4. The van der Waals surface area contributed by atoms with E-state index in [2.05, 4.69) is 5.16 Å². The van der Waals surface area contributed by atoms with Gasteiger partial charge in [-0.3, -0.25) is 4.79 Å². The molecule has 1 heterocycles. The third-order valence-electron chi connectivity index (χ3n) is 1.58. The van der Waals surface area contributed by atoms with Gasteiger partial charge >= 0.3 is 0 Å². The molecule has 0 spiro atoms. The molecule has 0 N–H and O–H groups in total. The largest absolute Gasteiger partial charge is 0.380 e. The molecule has 0 bridgehead atoms. The Morgan fingerprint density at radius 2 is 2.70 bits per heavy atom. The van der Waals surface area contributed by atoms with Crippen LogP contribution in [0.4, 0.5) is 0 Å². The van der Waals surface area contributed by atoms with E-state index in [0.29, 0.717) is 18.0 Å². The highest BCUT2D eigenvalue weighted by molar-refractivity contribution is 6.65. The first-order valence-corrected chi connectivity index (χ1v) is 3.47. The number of aldehydes is 1. The van der Waals surface area contributed by atoms with Crippen LogP contribution < -0.4 is 0 Å². The fraction of sp³-hybridized carbons (Fsp3) is 0.667. The van der Waals surface area contributed by atoms with Gasteiger partial charge in [-0.05, 0) is 6.42 Å². The lowest BCUT2D eigenvalue weighted by Gasteiger charge is -2.15. The van der Waals surface area contributed by atoms with Crippen LogP contribution >= 0.6 is 11.6 Å². The summed E-state index contributed by atoms with van der Waals surface area (Å²) < 4.78 is 0. The van der Waals surface area contributed by atoms with E-state index in [1.54, 1.807) is 0 Å². The van der Waals surface area contributed by atoms with Crippen molar-refractivity contribution in [1.29, 1.82) is 0 Å². The zero-order valence-electron chi connectivity index (χ0n) is 5.63. The van der Waals surface area contributed by atoms with Crippen molar-refractivity contribution in [2.45, 2.75) is 25.4 Å². The van der Waals surface area contributed by atoms with Gasteiger partial charge < -0.3 is 4.84 Å². The number of hydrogen-bond acceptors (Lipinski definition) is 3. The van der Waals surface area contributed by atoms with Crippen molar-refractivity contribution >= 4 is 23.1 Å². The molecule has 4 heteroatoms. The molecule has 0 saturated heterocycles. The first-order chi connectivity index (χ1) is 4.72. The molecular weight excluding hydrogens is 154 g/mol. The Morgan fingerprint density at radius 1 is 2.00 bits per heavy atom. The molecule has 1 aliphatic rings. The van der Waals surface area contributed by atoms with Gasteiger partial charge in [0.15, 0.2) is 11.9 Å². The summed E-state index contributed by atoms with van der Waals surface area (Å²) in [6, 6.07) is 0. The first kappa shape index (κ1) is 7.54. The smallest absolute Gasteiger partial charge is 0.198 e. The molecule has 0 aromatic heterocycles. The predicted molar refractivity (Wildman–Crippen MR) is 38.1 cm³/mol. The fourth-order valence-electron chi connectivity index (χ4n) is 0.788. The standard InChI is InChI=1S/C6H8ClNO2/c1-2-6(4-9)3-5(7)8-10-6/h4H,2-3H2,1H3. The molecule has 1 rings (SSSR count). The monoisotopic (exact) mass is 161 g/mol. The van der Waals surface area contributed by atoms with Crippen LogP contribution in [0.1, 0.15) is 19.8 Å². The van der Waals surface area contributed by atoms with E-state index < -0.39 is 5.60 Å². The molecule has 0 fully saturated rings. The molecule has 1 aliphatic heterocycles. The number of halogens is 1. The SMILES string of the molecule is CCC1(C=O)CC(Cl)=NO1. The lowest BCUT2D eigenvalue weighted by Crippen LogP contribution is -2.29. The summed E-state index contributed by atoms with van der Waals surface area (Å²) in [5, 5.41) is 3.85. The van der Waals surface area contributed by atoms with Crippen LogP contribution in [0.2, 0.25) is 0 Å². The van der Waals surface area contributed by atoms with Crippen molar-refractivity contribution < 1.29 is 9.63 Å². The Hall–Kier alpha value is -0.570. The van der Waals surface area contributed by atoms with E-state index in [4.69, 9.17) is 16.4 Å². The quantitative estimate of drug-likeness (QED) is 0.573. The molecular formula is C6H8ClNO2. The highest BCUT2D eigenvalue weighted by Crippen LogP contribution is 2.26. The average molecular weight is 162 g/mol. The van der Waals surface area contributed by atoms with Gasteiger partial charge in [-0.1, -0.05) is 23.7 Å². The normalized spacial score (nSPS) is 31.2. The summed E-state index contributed by atoms with van der Waals surface area (Å²) >= 11 is 5.52. The molecule has 0 aromatic rings. The van der Waals surface area contributed by atoms with Crippen molar-refractivity contribution in [3.05, 3.63) is 0 Å². The molecule has 0 saturated carbocycles. The summed E-state index contributed by atoms with van der Waals surface area (Å²) in [7, 11) is 0. The Balaban J connectivity index is 2.65. The van der Waals surface area contributed by atoms with Crippen molar-refractivity contribution in [2.75, 3.05) is 0 Å². The van der Waals surface area contributed by atoms with Gasteiger partial charge in [-0.2, -0.15) is 0 Å². The Kier molecular flexibility index (Phi) is 1.94. The molecule has 0 aliphatic carbocycles. The summed E-state index contributed by atoms with van der Waals surface area (Å²) in [6.45, 7) is 1.86. The zero-order chi connectivity index (χ0) is 7.61. The van der Waals surface area contributed by atoms with Crippen LogP contribution in [-0.4, -0.2) is 17.1 Å². The van der Waals surface area contributed by atoms with Crippen LogP contribution in [0.5, 0.6) is 0 Å². The average Bonchev–Trinajstić information content (AvgIpc) is 2.33. The summed E-state index contributed by atoms with van der Waals surface area (Å²) in [5.74, 6) is 0. The second-order valence-electron chi connectivity index (χ2n) is 2.27. The third kappa shape index (κ3) is 1.14. The van der Waals surface area contributed by atoms with Gasteiger partial charge in [0.2, 0.25) is 0 Å². The second-order valence-corrected chi connectivity index (χ2v) is 2.71. The number of oxime groups is 1. The van der Waals surface area contributed by atoms with E-state index in [1.807, 2.05) is 6.92 Å². The summed E-state index contributed by atoms with van der Waals surface area (Å²) in [4.78, 5) is 15.3. The Labute approximate surface area is 64.0 Å². The Bertz CT molecular complexity index is 181. The van der Waals surface area contributed by atoms with Crippen LogP contribution in [0.3, 0.4) is 0 Å². The van der Waals surface area contributed by atoms with Crippen LogP contribution in [0.25, 0.3) is 0 Å². The molecule has 0 radical (unpaired) electrons. The highest BCUT2D eigenvalue weighted by Gasteiger charge is 2.36. The lowest BCUT2D eigenvalue weighted by molar-refractivity contribution is -0.128. The minimum absolute atomic E-state index is 0.369. The van der Waals surface area contributed by atoms with Crippen LogP contribution in [0, 0.1) is 0 Å². The molecule has 3 nitrogen and oxygen atoms in total. The maximum atomic E-state index is 10.4. The molecule has 10 heavy (non-hydrogen) atoms. The third-order valence-corrected chi connectivity index (χ3v) is 1.79. The topological polar surface area (TPSA) is 38.7 Å². The van der Waals surface area contributed by atoms with Gasteiger partial charge in [0.05, 0.1) is 6.42 Å². The minimum Gasteiger partial charge on any atom is -0.380 e. The van der Waals surface area contributed by atoms with E-state index in [0.717, 1.165) is 6.29 Å². The van der Waals surface area contributed by atoms with Crippen molar-refractivity contribution in [2.24, 2.45) is 5.16 Å². The van der Waals surface area contributed by atoms with E-state index in [1.165, 1.54) is 0 Å². The van der Waals surface area contributed by atoms with Gasteiger partial charge in [0.25, 0.3) is 0 Å². The predicted octanol–water partition coefficient (Wildman–Crippen LogP) is 1.31. The van der Waals surface area contributed by atoms with Gasteiger partial charge in [0, 0.05) is 0 Å². The first-order valence-electron chi connectivity index (χ1n) is 3.09. The summed E-state index contributed by atoms with van der Waals surface area (Å²) in [5.41, 5.74) is -0.767. The van der Waals surface area contributed by atoms with Gasteiger partial charge in [-0.25, -0.2) is 0 Å². The number of rotatable bonds is 2. The van der Waals surface area contributed by atoms with Crippen LogP contribution in [0.15, 0.2) is 5.16 Å². The maximum Gasteiger partial charge on any atom is 0.198 e. The van der Waals surface area contributed by atoms with Crippen molar-refractivity contribution in [3.63, 3.8) is 0 Å². The number of nitrogens with zero attached hydrogens (tertiary/aromatic N) is 1. The molecule has 56 valence electrons. The minimum atomic E-state index is -0.767. The van der Waals surface area contributed by atoms with Crippen molar-refractivity contribution in [1.82, 2.24) is 0 Å². The van der Waals surface area contributed by atoms with E-state index >= 15 is 0 Å². The molecule has 1 unspecified atom stereocenters. The van der Waals surface area contributed by atoms with Gasteiger partial charge in [-0.15, -0.1) is 0 Å². The Morgan fingerprint density at radius 3 is 2.90 bits per heavy atom. The molecule has 0 aromatic carbocycles. The molecule has 0 amide bonds. The van der Waals surface area contributed by atoms with Gasteiger partial charge in [0.1, 0.15) is 5.17 Å². The van der Waals surface area contributed by atoms with Crippen molar-refractivity contribution in [3.8, 4) is 0 Å². The second kappa shape index (κ2) is 2.58. The number of hydrogen-bond donors (Lipinski definition) is 0. The zero-order valence-corrected chi connectivity index (χ0v) is 6.39.